The average molecular weight is 286 g/mol. The molecule has 112 valence electrons. The van der Waals surface area contributed by atoms with E-state index in [1.807, 2.05) is 23.9 Å². The van der Waals surface area contributed by atoms with E-state index in [0.717, 1.165) is 18.7 Å². The Morgan fingerprint density at radius 3 is 2.90 bits per heavy atom. The zero-order valence-electron chi connectivity index (χ0n) is 12.8. The van der Waals surface area contributed by atoms with Gasteiger partial charge >= 0.3 is 0 Å². The lowest BCUT2D eigenvalue weighted by Crippen LogP contribution is -2.25. The third-order valence-corrected chi connectivity index (χ3v) is 4.20. The molecular formula is C16H22N4O. The number of anilines is 1. The minimum Gasteiger partial charge on any atom is -0.347 e. The van der Waals surface area contributed by atoms with Crippen LogP contribution in [0.1, 0.15) is 48.2 Å². The third-order valence-electron chi connectivity index (χ3n) is 4.20. The number of hydrogen-bond acceptors (Lipinski definition) is 4. The van der Waals surface area contributed by atoms with Crippen LogP contribution in [0.5, 0.6) is 0 Å². The van der Waals surface area contributed by atoms with Crippen molar-refractivity contribution in [3.63, 3.8) is 0 Å². The molecule has 1 aromatic heterocycles. The van der Waals surface area contributed by atoms with Crippen LogP contribution in [-0.2, 0) is 6.54 Å². The largest absolute Gasteiger partial charge is 0.347 e. The van der Waals surface area contributed by atoms with Gasteiger partial charge in [0.15, 0.2) is 0 Å². The molecular weight excluding hydrogens is 264 g/mol. The van der Waals surface area contributed by atoms with Crippen LogP contribution in [0.3, 0.4) is 0 Å². The van der Waals surface area contributed by atoms with Crippen LogP contribution in [0.2, 0.25) is 0 Å². The van der Waals surface area contributed by atoms with E-state index in [9.17, 15) is 4.79 Å². The molecule has 0 spiro atoms. The number of rotatable bonds is 4. The van der Waals surface area contributed by atoms with Crippen molar-refractivity contribution in [2.24, 2.45) is 0 Å². The van der Waals surface area contributed by atoms with E-state index in [2.05, 4.69) is 16.0 Å². The lowest BCUT2D eigenvalue weighted by molar-refractivity contribution is 0.0779. The van der Waals surface area contributed by atoms with E-state index in [1.165, 1.54) is 31.3 Å². The topological polar surface area (TPSA) is 49.3 Å². The molecule has 0 N–H and O–H groups in total. The molecule has 1 amide bonds. The summed E-state index contributed by atoms with van der Waals surface area (Å²) in [6, 6.07) is 0. The van der Waals surface area contributed by atoms with Crippen molar-refractivity contribution in [2.75, 3.05) is 25.5 Å². The standard InChI is InChI=1S/C16H22N4O/c1-19(2)16-17-10-13-14(18-16)11-20(15(13)21)9-8-12-6-4-3-5-7-12/h6,10H,3-5,7-9,11H2,1-2H3. The third kappa shape index (κ3) is 2.91. The number of fused-ring (bicyclic) bond motifs is 1. The minimum absolute atomic E-state index is 0.0757. The van der Waals surface area contributed by atoms with Crippen LogP contribution in [-0.4, -0.2) is 41.4 Å². The molecule has 21 heavy (non-hydrogen) atoms. The van der Waals surface area contributed by atoms with Gasteiger partial charge in [-0.2, -0.15) is 0 Å². The molecule has 1 aliphatic heterocycles. The van der Waals surface area contributed by atoms with Gasteiger partial charge in [0.25, 0.3) is 5.91 Å². The summed E-state index contributed by atoms with van der Waals surface area (Å²) < 4.78 is 0. The van der Waals surface area contributed by atoms with Gasteiger partial charge in [-0.15, -0.1) is 0 Å². The SMILES string of the molecule is CN(C)c1ncc2c(n1)CN(CCC1=CCCCC1)C2=O. The summed E-state index contributed by atoms with van der Waals surface area (Å²) in [4.78, 5) is 24.8. The summed E-state index contributed by atoms with van der Waals surface area (Å²) in [6.45, 7) is 1.41. The van der Waals surface area contributed by atoms with E-state index >= 15 is 0 Å². The first kappa shape index (κ1) is 14.0. The van der Waals surface area contributed by atoms with Crippen molar-refractivity contribution >= 4 is 11.9 Å². The molecule has 0 unspecified atom stereocenters. The van der Waals surface area contributed by atoms with Crippen LogP contribution in [0.15, 0.2) is 17.8 Å². The first-order valence-corrected chi connectivity index (χ1v) is 7.65. The fraction of sp³-hybridized carbons (Fsp3) is 0.562. The second kappa shape index (κ2) is 5.84. The van der Waals surface area contributed by atoms with Crippen molar-refractivity contribution < 1.29 is 4.79 Å². The summed E-state index contributed by atoms with van der Waals surface area (Å²) in [7, 11) is 3.82. The number of nitrogens with zero attached hydrogens (tertiary/aromatic N) is 4. The highest BCUT2D eigenvalue weighted by molar-refractivity contribution is 5.97. The average Bonchev–Trinajstić information content (AvgIpc) is 2.82. The summed E-state index contributed by atoms with van der Waals surface area (Å²) in [5, 5.41) is 0. The molecule has 5 nitrogen and oxygen atoms in total. The number of carbonyl (C=O) groups excluding carboxylic acids is 1. The van der Waals surface area contributed by atoms with Gasteiger partial charge in [0.2, 0.25) is 5.95 Å². The highest BCUT2D eigenvalue weighted by Crippen LogP contribution is 2.25. The highest BCUT2D eigenvalue weighted by atomic mass is 16.2. The van der Waals surface area contributed by atoms with Crippen molar-refractivity contribution in [3.05, 3.63) is 29.1 Å². The molecule has 2 aliphatic rings. The van der Waals surface area contributed by atoms with Crippen LogP contribution in [0, 0.1) is 0 Å². The molecule has 0 radical (unpaired) electrons. The van der Waals surface area contributed by atoms with E-state index < -0.39 is 0 Å². The molecule has 0 bridgehead atoms. The van der Waals surface area contributed by atoms with Crippen LogP contribution in [0.25, 0.3) is 0 Å². The second-order valence-electron chi connectivity index (χ2n) is 6.01. The van der Waals surface area contributed by atoms with Crippen LogP contribution in [0.4, 0.5) is 5.95 Å². The van der Waals surface area contributed by atoms with Crippen LogP contribution >= 0.6 is 0 Å². The molecule has 0 atom stereocenters. The molecule has 1 aliphatic carbocycles. The van der Waals surface area contributed by atoms with E-state index in [-0.39, 0.29) is 5.91 Å². The van der Waals surface area contributed by atoms with E-state index in [1.54, 1.807) is 6.20 Å². The Balaban J connectivity index is 1.67. The fourth-order valence-corrected chi connectivity index (χ4v) is 2.94. The number of aromatic nitrogens is 2. The molecule has 3 rings (SSSR count). The maximum Gasteiger partial charge on any atom is 0.257 e. The lowest BCUT2D eigenvalue weighted by Gasteiger charge is -2.18. The quantitative estimate of drug-likeness (QED) is 0.797. The Morgan fingerprint density at radius 2 is 2.19 bits per heavy atom. The van der Waals surface area contributed by atoms with Crippen molar-refractivity contribution in [1.82, 2.24) is 14.9 Å². The fourth-order valence-electron chi connectivity index (χ4n) is 2.94. The first-order chi connectivity index (χ1) is 10.1. The molecule has 5 heteroatoms. The van der Waals surface area contributed by atoms with Gasteiger partial charge in [0.1, 0.15) is 0 Å². The number of allylic oxidation sites excluding steroid dienone is 1. The molecule has 2 heterocycles. The summed E-state index contributed by atoms with van der Waals surface area (Å²) >= 11 is 0. The van der Waals surface area contributed by atoms with E-state index in [0.29, 0.717) is 18.1 Å². The zero-order chi connectivity index (χ0) is 14.8. The minimum atomic E-state index is 0.0757. The molecule has 1 aromatic rings. The van der Waals surface area contributed by atoms with Crippen molar-refractivity contribution in [1.29, 1.82) is 0 Å². The number of hydrogen-bond donors (Lipinski definition) is 0. The van der Waals surface area contributed by atoms with Crippen molar-refractivity contribution in [3.8, 4) is 0 Å². The predicted molar refractivity (Wildman–Crippen MR) is 82.3 cm³/mol. The molecule has 0 fully saturated rings. The van der Waals surface area contributed by atoms with E-state index in [4.69, 9.17) is 0 Å². The van der Waals surface area contributed by atoms with Gasteiger partial charge in [-0.05, 0) is 32.1 Å². The Morgan fingerprint density at radius 1 is 1.33 bits per heavy atom. The first-order valence-electron chi connectivity index (χ1n) is 7.65. The lowest BCUT2D eigenvalue weighted by atomic mass is 9.97. The van der Waals surface area contributed by atoms with Gasteiger partial charge in [-0.25, -0.2) is 9.97 Å². The maximum absolute atomic E-state index is 12.4. The number of carbonyl (C=O) groups is 1. The Bertz CT molecular complexity index is 580. The maximum atomic E-state index is 12.4. The Kier molecular flexibility index (Phi) is 3.90. The van der Waals surface area contributed by atoms with Gasteiger partial charge in [-0.3, -0.25) is 4.79 Å². The smallest absolute Gasteiger partial charge is 0.257 e. The monoisotopic (exact) mass is 286 g/mol. The zero-order valence-corrected chi connectivity index (χ0v) is 12.8. The van der Waals surface area contributed by atoms with Gasteiger partial charge < -0.3 is 9.80 Å². The molecule has 0 saturated heterocycles. The normalized spacial score (nSPS) is 17.7. The number of amides is 1. The summed E-state index contributed by atoms with van der Waals surface area (Å²) in [6.07, 6.45) is 9.99. The molecule has 0 aromatic carbocycles. The summed E-state index contributed by atoms with van der Waals surface area (Å²) in [5.41, 5.74) is 3.03. The predicted octanol–water partition coefficient (Wildman–Crippen LogP) is 2.39. The highest BCUT2D eigenvalue weighted by Gasteiger charge is 2.29. The van der Waals surface area contributed by atoms with Gasteiger partial charge in [-0.1, -0.05) is 11.6 Å². The van der Waals surface area contributed by atoms with Crippen LogP contribution < -0.4 is 4.90 Å². The Hall–Kier alpha value is -1.91. The Labute approximate surface area is 125 Å². The summed E-state index contributed by atoms with van der Waals surface area (Å²) in [5.74, 6) is 0.741. The van der Waals surface area contributed by atoms with Crippen molar-refractivity contribution in [2.45, 2.75) is 38.6 Å². The van der Waals surface area contributed by atoms with Gasteiger partial charge in [0, 0.05) is 26.8 Å². The van der Waals surface area contributed by atoms with Gasteiger partial charge in [0.05, 0.1) is 17.8 Å². The molecule has 0 saturated carbocycles. The second-order valence-corrected chi connectivity index (χ2v) is 6.01.